The van der Waals surface area contributed by atoms with E-state index in [2.05, 4.69) is 50.7 Å². The maximum Gasteiger partial charge on any atom is 0.293 e. The van der Waals surface area contributed by atoms with Crippen LogP contribution >= 0.6 is 11.3 Å². The Morgan fingerprint density at radius 3 is 2.40 bits per heavy atom. The number of anilines is 6. The van der Waals surface area contributed by atoms with Gasteiger partial charge < -0.3 is 30.1 Å². The molecule has 3 unspecified atom stereocenters. The average molecular weight is 1060 g/mol. The lowest BCUT2D eigenvalue weighted by Crippen LogP contribution is -2.58. The van der Waals surface area contributed by atoms with Crippen LogP contribution in [0.3, 0.4) is 0 Å². The van der Waals surface area contributed by atoms with Crippen LogP contribution in [0.15, 0.2) is 72.3 Å². The largest absolute Gasteiger partial charge is 0.389 e. The monoisotopic (exact) mass is 1060 g/mol. The number of piperazine rings is 1. The standard InChI is InChI=1S/C57H63N11O8S/c1-7-47(70)60-42-27-34(59-51-57(76)62(5)30-43(61-51)40-18-21-58-52(49(40)33(4)69)67-23-20-38-37-10-8-9-11-46(37)77-50(38)56(67)75)12-15-44(42)66-25-24-64(29-32(66)3)35-19-22-65(31(2)26-35)36-13-14-39-41(28-36)54(73)68(53(39)72)45-16-17-48(71)63(6)55(45)74/h7,12-15,18,21,27-28,30-33,35,45,69H,1,8-11,16-17,19-20,22-26,29H2,2-6H3,(H,59,61)(H,60,70)/t31-,32-,33?,35?,45?/m0/s1. The van der Waals surface area contributed by atoms with Gasteiger partial charge in [0, 0.05) is 111 Å². The van der Waals surface area contributed by atoms with E-state index in [1.165, 1.54) is 28.1 Å². The van der Waals surface area contributed by atoms with Crippen LogP contribution in [0.25, 0.3) is 11.3 Å². The molecule has 3 aromatic heterocycles. The predicted molar refractivity (Wildman–Crippen MR) is 294 cm³/mol. The highest BCUT2D eigenvalue weighted by Gasteiger charge is 2.47. The number of rotatable bonds is 11. The number of amides is 6. The number of likely N-dealkylation sites (N-methyl/N-ethyl adjacent to an activating group) is 1. The minimum atomic E-state index is -1.03. The van der Waals surface area contributed by atoms with Crippen LogP contribution in [-0.2, 0) is 40.7 Å². The second-order valence-electron chi connectivity index (χ2n) is 21.3. The zero-order valence-corrected chi connectivity index (χ0v) is 44.8. The summed E-state index contributed by atoms with van der Waals surface area (Å²) >= 11 is 1.59. The van der Waals surface area contributed by atoms with Gasteiger partial charge in [0.2, 0.25) is 11.8 Å². The van der Waals surface area contributed by atoms with Crippen molar-refractivity contribution in [3.8, 4) is 11.3 Å². The molecule has 3 fully saturated rings. The zero-order chi connectivity index (χ0) is 54.1. The molecule has 0 radical (unpaired) electrons. The fourth-order valence-corrected chi connectivity index (χ4v) is 13.9. The molecule has 400 valence electrons. The summed E-state index contributed by atoms with van der Waals surface area (Å²) in [5.41, 5.74) is 6.65. The number of aliphatic hydroxyl groups is 1. The molecule has 0 saturated carbocycles. The Morgan fingerprint density at radius 1 is 0.844 bits per heavy atom. The summed E-state index contributed by atoms with van der Waals surface area (Å²) in [6.45, 7) is 13.0. The number of likely N-dealkylation sites (tertiary alicyclic amines) is 1. The van der Waals surface area contributed by atoms with Gasteiger partial charge in [0.25, 0.3) is 29.2 Å². The molecule has 20 heteroatoms. The molecule has 8 heterocycles. The molecule has 5 aromatic rings. The molecule has 6 amide bonds. The molecular weight excluding hydrogens is 999 g/mol. The summed E-state index contributed by atoms with van der Waals surface area (Å²) in [4.78, 5) is 116. The third-order valence-electron chi connectivity index (χ3n) is 16.5. The molecule has 1 aliphatic carbocycles. The van der Waals surface area contributed by atoms with E-state index in [-0.39, 0.29) is 59.7 Å². The number of aryl methyl sites for hydroxylation is 2. The predicted octanol–water partition coefficient (Wildman–Crippen LogP) is 6.22. The topological polar surface area (TPSA) is 214 Å². The third kappa shape index (κ3) is 9.18. The van der Waals surface area contributed by atoms with Crippen molar-refractivity contribution in [3.05, 3.63) is 115 Å². The number of hydrogen-bond acceptors (Lipinski definition) is 15. The van der Waals surface area contributed by atoms with E-state index in [4.69, 9.17) is 4.98 Å². The molecular formula is C57H63N11O8S. The number of fused-ring (bicyclic) bond motifs is 4. The number of aromatic nitrogens is 3. The maximum absolute atomic E-state index is 14.2. The summed E-state index contributed by atoms with van der Waals surface area (Å²) < 4.78 is 1.42. The number of carbonyl (C=O) groups excluding carboxylic acids is 6. The van der Waals surface area contributed by atoms with Crippen molar-refractivity contribution in [1.29, 1.82) is 0 Å². The smallest absolute Gasteiger partial charge is 0.293 e. The van der Waals surface area contributed by atoms with E-state index in [1.807, 2.05) is 18.2 Å². The van der Waals surface area contributed by atoms with Crippen LogP contribution < -0.4 is 30.9 Å². The van der Waals surface area contributed by atoms with Crippen molar-refractivity contribution in [2.75, 3.05) is 65.1 Å². The minimum absolute atomic E-state index is 0.0189. The molecule has 11 rings (SSSR count). The number of benzene rings is 2. The molecule has 0 spiro atoms. The van der Waals surface area contributed by atoms with Gasteiger partial charge in [0.15, 0.2) is 5.82 Å². The average Bonchev–Trinajstić information content (AvgIpc) is 3.92. The van der Waals surface area contributed by atoms with E-state index in [9.17, 15) is 38.7 Å². The highest BCUT2D eigenvalue weighted by molar-refractivity contribution is 7.14. The van der Waals surface area contributed by atoms with E-state index < -0.39 is 41.3 Å². The third-order valence-corrected chi connectivity index (χ3v) is 17.8. The number of carbonyl (C=O) groups is 6. The van der Waals surface area contributed by atoms with Gasteiger partial charge in [-0.2, -0.15) is 0 Å². The van der Waals surface area contributed by atoms with Crippen LogP contribution in [0, 0.1) is 0 Å². The summed E-state index contributed by atoms with van der Waals surface area (Å²) in [5, 5.41) is 17.6. The zero-order valence-electron chi connectivity index (χ0n) is 44.0. The summed E-state index contributed by atoms with van der Waals surface area (Å²) in [6, 6.07) is 12.0. The lowest BCUT2D eigenvalue weighted by Gasteiger charge is -2.48. The summed E-state index contributed by atoms with van der Waals surface area (Å²) in [7, 11) is 3.01. The Hall–Kier alpha value is -7.55. The molecule has 0 bridgehead atoms. The number of nitrogens with zero attached hydrogens (tertiary/aromatic N) is 9. The van der Waals surface area contributed by atoms with Crippen molar-refractivity contribution in [2.45, 2.75) is 109 Å². The lowest BCUT2D eigenvalue weighted by molar-refractivity contribution is -0.149. The Labute approximate surface area is 450 Å². The Balaban J connectivity index is 0.781. The Bertz CT molecular complexity index is 3370. The molecule has 19 nitrogen and oxygen atoms in total. The van der Waals surface area contributed by atoms with E-state index in [0.29, 0.717) is 53.5 Å². The molecule has 77 heavy (non-hydrogen) atoms. The van der Waals surface area contributed by atoms with E-state index in [1.54, 1.807) is 66.9 Å². The molecule has 5 aliphatic heterocycles. The number of hydrogen-bond donors (Lipinski definition) is 3. The van der Waals surface area contributed by atoms with Gasteiger partial charge in [-0.15, -0.1) is 11.3 Å². The lowest BCUT2D eigenvalue weighted by atomic mass is 9.91. The fraction of sp³-hybridized carbons (Fsp3) is 0.421. The fourth-order valence-electron chi connectivity index (χ4n) is 12.5. The van der Waals surface area contributed by atoms with Gasteiger partial charge in [-0.1, -0.05) is 6.58 Å². The second kappa shape index (κ2) is 20.4. The summed E-state index contributed by atoms with van der Waals surface area (Å²) in [6.07, 6.45) is 10.3. The number of thiophene rings is 1. The van der Waals surface area contributed by atoms with Crippen molar-refractivity contribution < 1.29 is 33.9 Å². The van der Waals surface area contributed by atoms with Crippen LogP contribution in [-0.4, -0.2) is 134 Å². The van der Waals surface area contributed by atoms with E-state index in [0.717, 1.165) is 89.8 Å². The molecule has 5 atom stereocenters. The normalized spacial score (nSPS) is 22.3. The number of imide groups is 2. The van der Waals surface area contributed by atoms with Crippen molar-refractivity contribution in [3.63, 3.8) is 0 Å². The highest BCUT2D eigenvalue weighted by atomic mass is 32.1. The first-order valence-corrected chi connectivity index (χ1v) is 27.5. The van der Waals surface area contributed by atoms with Gasteiger partial charge in [-0.3, -0.25) is 53.2 Å². The van der Waals surface area contributed by atoms with Crippen LogP contribution in [0.2, 0.25) is 0 Å². The van der Waals surface area contributed by atoms with Gasteiger partial charge >= 0.3 is 0 Å². The van der Waals surface area contributed by atoms with Crippen LogP contribution in [0.1, 0.15) is 117 Å². The quantitative estimate of drug-likeness (QED) is 0.0991. The SMILES string of the molecule is C=CC(=O)Nc1cc(Nc2nc(-c3ccnc(N4CCc5c(sc6c5CCCC6)C4=O)c3C(C)O)cn(C)c2=O)ccc1N1CCN(C2CCN(c3ccc4c(c3)C(=O)N(C3CCC(=O)N(C)C3=O)C4=O)[C@@H](C)C2)C[C@@H]1C. The van der Waals surface area contributed by atoms with Gasteiger partial charge in [-0.05, 0) is 132 Å². The highest BCUT2D eigenvalue weighted by Crippen LogP contribution is 2.42. The number of pyridine rings is 1. The first kappa shape index (κ1) is 51.6. The number of nitrogens with one attached hydrogen (secondary N) is 2. The van der Waals surface area contributed by atoms with Gasteiger partial charge in [0.1, 0.15) is 11.9 Å². The van der Waals surface area contributed by atoms with Crippen molar-refractivity contribution >= 4 is 81.2 Å². The first-order valence-electron chi connectivity index (χ1n) is 26.7. The molecule has 3 N–H and O–H groups in total. The summed E-state index contributed by atoms with van der Waals surface area (Å²) in [5.74, 6) is -2.03. The molecule has 2 aromatic carbocycles. The van der Waals surface area contributed by atoms with Crippen LogP contribution in [0.4, 0.5) is 34.4 Å². The number of aliphatic hydroxyl groups excluding tert-OH is 1. The van der Waals surface area contributed by atoms with Crippen molar-refractivity contribution in [2.24, 2.45) is 7.05 Å². The van der Waals surface area contributed by atoms with E-state index >= 15 is 0 Å². The van der Waals surface area contributed by atoms with Gasteiger partial charge in [0.05, 0.1) is 39.2 Å². The number of piperidine rings is 2. The maximum atomic E-state index is 14.2. The van der Waals surface area contributed by atoms with Crippen molar-refractivity contribution in [1.82, 2.24) is 29.2 Å². The van der Waals surface area contributed by atoms with Crippen LogP contribution in [0.5, 0.6) is 0 Å². The minimum Gasteiger partial charge on any atom is -0.389 e. The Kier molecular flexibility index (Phi) is 13.7. The second-order valence-corrected chi connectivity index (χ2v) is 22.4. The van der Waals surface area contributed by atoms with Gasteiger partial charge in [-0.25, -0.2) is 9.97 Å². The first-order chi connectivity index (χ1) is 37.0. The molecule has 6 aliphatic rings. The molecule has 3 saturated heterocycles. The Morgan fingerprint density at radius 2 is 1.64 bits per heavy atom.